The average Bonchev–Trinajstić information content (AvgIpc) is 3.01. The Balaban J connectivity index is 1.79. The van der Waals surface area contributed by atoms with E-state index in [4.69, 9.17) is 9.47 Å². The Hall–Kier alpha value is -1.32. The molecule has 4 atom stereocenters. The maximum Gasteiger partial charge on any atom is 0.125 e. The van der Waals surface area contributed by atoms with Crippen molar-refractivity contribution in [3.63, 3.8) is 0 Å². The third kappa shape index (κ3) is 3.10. The van der Waals surface area contributed by atoms with Crippen molar-refractivity contribution in [3.05, 3.63) is 64.1 Å². The van der Waals surface area contributed by atoms with Gasteiger partial charge in [0.25, 0.3) is 0 Å². The number of halogens is 1. The van der Waals surface area contributed by atoms with E-state index in [1.165, 1.54) is 24.0 Å². The maximum absolute atomic E-state index is 6.74. The van der Waals surface area contributed by atoms with E-state index in [0.29, 0.717) is 11.8 Å². The van der Waals surface area contributed by atoms with Gasteiger partial charge >= 0.3 is 0 Å². The van der Waals surface area contributed by atoms with Gasteiger partial charge in [-0.3, -0.25) is 0 Å². The summed E-state index contributed by atoms with van der Waals surface area (Å²) in [5, 5.41) is 0. The molecule has 2 heterocycles. The van der Waals surface area contributed by atoms with Crippen LogP contribution in [0.15, 0.2) is 53.0 Å². The molecule has 2 aromatic carbocycles. The van der Waals surface area contributed by atoms with Gasteiger partial charge in [0.2, 0.25) is 0 Å². The van der Waals surface area contributed by atoms with Gasteiger partial charge in [0, 0.05) is 21.9 Å². The lowest BCUT2D eigenvalue weighted by Crippen LogP contribution is -2.45. The fourth-order valence-electron chi connectivity index (χ4n) is 4.76. The lowest BCUT2D eigenvalue weighted by atomic mass is 9.70. The quantitative estimate of drug-likeness (QED) is 0.557. The molecule has 0 spiro atoms. The van der Waals surface area contributed by atoms with Crippen molar-refractivity contribution in [1.82, 2.24) is 0 Å². The summed E-state index contributed by atoms with van der Waals surface area (Å²) < 4.78 is 14.3. The predicted octanol–water partition coefficient (Wildman–Crippen LogP) is 6.65. The van der Waals surface area contributed by atoms with Crippen molar-refractivity contribution in [3.8, 4) is 5.75 Å². The molecule has 3 heteroatoms. The minimum atomic E-state index is -0.266. The first-order valence-corrected chi connectivity index (χ1v) is 10.5. The number of para-hydroxylation sites is 1. The fraction of sp³-hybridized carbons (Fsp3) is 0.478. The molecule has 1 saturated heterocycles. The summed E-state index contributed by atoms with van der Waals surface area (Å²) in [5.74, 6) is 1.63. The molecule has 0 bridgehead atoms. The summed E-state index contributed by atoms with van der Waals surface area (Å²) in [5.41, 5.74) is 2.30. The second kappa shape index (κ2) is 7.01. The number of hydrogen-bond donors (Lipinski definition) is 0. The minimum absolute atomic E-state index is 0.102. The van der Waals surface area contributed by atoms with Gasteiger partial charge in [-0.1, -0.05) is 66.0 Å². The second-order valence-corrected chi connectivity index (χ2v) is 9.00. The van der Waals surface area contributed by atoms with Gasteiger partial charge in [-0.25, -0.2) is 0 Å². The standard InChI is InChI=1S/C23H27BrO2/c1-4-5-9-19-20(15-11-13-16(24)14-12-15)21-22(25-19)17-8-6-7-10-18(17)26-23(21,2)3/h6-8,10-14,19-22H,4-5,9H2,1-3H3/t19-,20+,21-,22+/m1/s1. The zero-order valence-corrected chi connectivity index (χ0v) is 17.3. The van der Waals surface area contributed by atoms with Crippen LogP contribution in [0.5, 0.6) is 5.75 Å². The Bertz CT molecular complexity index is 768. The van der Waals surface area contributed by atoms with Crippen LogP contribution in [0.4, 0.5) is 0 Å². The van der Waals surface area contributed by atoms with Crippen molar-refractivity contribution >= 4 is 15.9 Å². The first-order chi connectivity index (χ1) is 12.5. The Morgan fingerprint density at radius 2 is 1.77 bits per heavy atom. The van der Waals surface area contributed by atoms with Gasteiger partial charge in [-0.15, -0.1) is 0 Å². The minimum Gasteiger partial charge on any atom is -0.487 e. The van der Waals surface area contributed by atoms with Crippen LogP contribution in [0.25, 0.3) is 0 Å². The SMILES string of the molecule is CCCC[C@H]1O[C@H]2c3ccccc3OC(C)(C)[C@@H]2[C@H]1c1ccc(Br)cc1. The van der Waals surface area contributed by atoms with Gasteiger partial charge in [0.1, 0.15) is 11.4 Å². The third-order valence-electron chi connectivity index (χ3n) is 5.93. The third-order valence-corrected chi connectivity index (χ3v) is 6.46. The van der Waals surface area contributed by atoms with E-state index in [1.807, 2.05) is 6.07 Å². The van der Waals surface area contributed by atoms with Crippen molar-refractivity contribution in [1.29, 1.82) is 0 Å². The number of unbranched alkanes of at least 4 members (excludes halogenated alkanes) is 1. The first-order valence-electron chi connectivity index (χ1n) is 9.70. The molecule has 0 radical (unpaired) electrons. The van der Waals surface area contributed by atoms with Crippen molar-refractivity contribution < 1.29 is 9.47 Å². The number of rotatable bonds is 4. The summed E-state index contributed by atoms with van der Waals surface area (Å²) in [4.78, 5) is 0. The van der Waals surface area contributed by atoms with Gasteiger partial charge in [0.15, 0.2) is 0 Å². The molecule has 138 valence electrons. The largest absolute Gasteiger partial charge is 0.487 e. The molecule has 0 amide bonds. The number of hydrogen-bond acceptors (Lipinski definition) is 2. The fourth-order valence-corrected chi connectivity index (χ4v) is 5.03. The van der Waals surface area contributed by atoms with E-state index in [9.17, 15) is 0 Å². The molecule has 2 nitrogen and oxygen atoms in total. The summed E-state index contributed by atoms with van der Waals surface area (Å²) in [6.45, 7) is 6.69. The van der Waals surface area contributed by atoms with Crippen molar-refractivity contribution in [2.75, 3.05) is 0 Å². The van der Waals surface area contributed by atoms with Crippen molar-refractivity contribution in [2.45, 2.75) is 63.8 Å². The molecule has 2 aliphatic heterocycles. The topological polar surface area (TPSA) is 18.5 Å². The Morgan fingerprint density at radius 3 is 2.50 bits per heavy atom. The highest BCUT2D eigenvalue weighted by Crippen LogP contribution is 2.58. The van der Waals surface area contributed by atoms with Gasteiger partial charge < -0.3 is 9.47 Å². The Labute approximate surface area is 165 Å². The molecule has 0 aliphatic carbocycles. The van der Waals surface area contributed by atoms with Crippen molar-refractivity contribution in [2.24, 2.45) is 5.92 Å². The highest BCUT2D eigenvalue weighted by molar-refractivity contribution is 9.10. The van der Waals surface area contributed by atoms with Crippen LogP contribution in [0.1, 0.15) is 63.2 Å². The molecule has 0 N–H and O–H groups in total. The maximum atomic E-state index is 6.74. The summed E-state index contributed by atoms with van der Waals surface area (Å²) in [6.07, 6.45) is 3.83. The van der Waals surface area contributed by atoms with E-state index in [1.54, 1.807) is 0 Å². The monoisotopic (exact) mass is 414 g/mol. The summed E-state index contributed by atoms with van der Waals surface area (Å²) >= 11 is 3.57. The van der Waals surface area contributed by atoms with E-state index in [-0.39, 0.29) is 17.8 Å². The van der Waals surface area contributed by atoms with E-state index >= 15 is 0 Å². The highest BCUT2D eigenvalue weighted by Gasteiger charge is 2.56. The Kier molecular flexibility index (Phi) is 4.87. The molecular weight excluding hydrogens is 388 g/mol. The molecule has 1 fully saturated rings. The van der Waals surface area contributed by atoms with Crippen LogP contribution < -0.4 is 4.74 Å². The van der Waals surface area contributed by atoms with Gasteiger partial charge in [-0.05, 0) is 44.0 Å². The molecule has 4 rings (SSSR count). The first kappa shape index (κ1) is 18.1. The molecule has 0 saturated carbocycles. The van der Waals surface area contributed by atoms with Gasteiger partial charge in [-0.2, -0.15) is 0 Å². The van der Waals surface area contributed by atoms with Crippen LogP contribution in [0.3, 0.4) is 0 Å². The molecule has 0 aromatic heterocycles. The van der Waals surface area contributed by atoms with Crippen LogP contribution in [-0.2, 0) is 4.74 Å². The van der Waals surface area contributed by atoms with E-state index in [2.05, 4.69) is 79.2 Å². The molecule has 26 heavy (non-hydrogen) atoms. The second-order valence-electron chi connectivity index (χ2n) is 8.08. The lowest BCUT2D eigenvalue weighted by Gasteiger charge is -2.43. The highest BCUT2D eigenvalue weighted by atomic mass is 79.9. The molecule has 2 aliphatic rings. The van der Waals surface area contributed by atoms with Crippen LogP contribution in [0, 0.1) is 5.92 Å². The predicted molar refractivity (Wildman–Crippen MR) is 109 cm³/mol. The van der Waals surface area contributed by atoms with E-state index < -0.39 is 0 Å². The normalized spacial score (nSPS) is 28.9. The van der Waals surface area contributed by atoms with Crippen LogP contribution >= 0.6 is 15.9 Å². The van der Waals surface area contributed by atoms with E-state index in [0.717, 1.165) is 16.6 Å². The average molecular weight is 415 g/mol. The summed E-state index contributed by atoms with van der Waals surface area (Å²) in [6, 6.07) is 17.2. The van der Waals surface area contributed by atoms with Gasteiger partial charge in [0.05, 0.1) is 12.2 Å². The number of benzene rings is 2. The van der Waals surface area contributed by atoms with Crippen LogP contribution in [-0.4, -0.2) is 11.7 Å². The smallest absolute Gasteiger partial charge is 0.125 e. The number of ether oxygens (including phenoxy) is 2. The molecule has 2 aromatic rings. The summed E-state index contributed by atoms with van der Waals surface area (Å²) in [7, 11) is 0. The lowest BCUT2D eigenvalue weighted by molar-refractivity contribution is -0.0434. The zero-order valence-electron chi connectivity index (χ0n) is 15.7. The Morgan fingerprint density at radius 1 is 1.04 bits per heavy atom. The molecule has 0 unspecified atom stereocenters. The zero-order chi connectivity index (χ0) is 18.3. The van der Waals surface area contributed by atoms with Crippen LogP contribution in [0.2, 0.25) is 0 Å². The molecular formula is C23H27BrO2. The number of fused-ring (bicyclic) bond motifs is 3.